The molecule has 3 heteroatoms. The molecule has 0 heterocycles. The lowest BCUT2D eigenvalue weighted by Gasteiger charge is -2.38. The highest BCUT2D eigenvalue weighted by molar-refractivity contribution is 9.09. The van der Waals surface area contributed by atoms with Gasteiger partial charge in [0.05, 0.1) is 18.3 Å². The van der Waals surface area contributed by atoms with Gasteiger partial charge in [-0.1, -0.05) is 35.2 Å². The van der Waals surface area contributed by atoms with Crippen LogP contribution in [-0.2, 0) is 9.47 Å². The molecule has 1 saturated carbocycles. The largest absolute Gasteiger partial charge is 0.379 e. The Kier molecular flexibility index (Phi) is 6.17. The van der Waals surface area contributed by atoms with Crippen LogP contribution < -0.4 is 0 Å². The van der Waals surface area contributed by atoms with Crippen LogP contribution in [0.4, 0.5) is 0 Å². The van der Waals surface area contributed by atoms with E-state index >= 15 is 0 Å². The zero-order valence-corrected chi connectivity index (χ0v) is 11.5. The van der Waals surface area contributed by atoms with Crippen LogP contribution in [-0.4, -0.2) is 30.2 Å². The van der Waals surface area contributed by atoms with Gasteiger partial charge in [-0.05, 0) is 26.7 Å². The van der Waals surface area contributed by atoms with Crippen LogP contribution in [0.15, 0.2) is 0 Å². The Hall–Kier alpha value is 0.400. The summed E-state index contributed by atoms with van der Waals surface area (Å²) in [6.07, 6.45) is 6.54. The fourth-order valence-corrected chi connectivity index (χ4v) is 2.92. The van der Waals surface area contributed by atoms with E-state index in [1.165, 1.54) is 32.1 Å². The standard InChI is InChI=1S/C12H23BrO2/c1-3-14-9-11(2)15-12(10-13)7-5-4-6-8-12/h11H,3-10H2,1-2H3. The van der Waals surface area contributed by atoms with Gasteiger partial charge in [0.15, 0.2) is 0 Å². The first-order chi connectivity index (χ1) is 7.22. The Balaban J connectivity index is 2.37. The molecule has 1 aliphatic rings. The maximum atomic E-state index is 6.16. The van der Waals surface area contributed by atoms with E-state index in [1.807, 2.05) is 6.92 Å². The number of halogens is 1. The summed E-state index contributed by atoms with van der Waals surface area (Å²) >= 11 is 3.60. The Morgan fingerprint density at radius 3 is 2.47 bits per heavy atom. The third kappa shape index (κ3) is 4.41. The van der Waals surface area contributed by atoms with Gasteiger partial charge in [0, 0.05) is 11.9 Å². The second kappa shape index (κ2) is 6.87. The molecule has 0 aliphatic heterocycles. The molecule has 0 aromatic heterocycles. The van der Waals surface area contributed by atoms with Gasteiger partial charge in [0.2, 0.25) is 0 Å². The third-order valence-electron chi connectivity index (χ3n) is 3.02. The summed E-state index contributed by atoms with van der Waals surface area (Å²) in [6.45, 7) is 5.61. The summed E-state index contributed by atoms with van der Waals surface area (Å²) in [7, 11) is 0. The predicted octanol–water partition coefficient (Wildman–Crippen LogP) is 3.53. The van der Waals surface area contributed by atoms with E-state index in [1.54, 1.807) is 0 Å². The van der Waals surface area contributed by atoms with Crippen LogP contribution in [0.5, 0.6) is 0 Å². The molecule has 0 N–H and O–H groups in total. The molecule has 0 saturated heterocycles. The lowest BCUT2D eigenvalue weighted by atomic mass is 9.86. The van der Waals surface area contributed by atoms with Crippen molar-refractivity contribution in [1.82, 2.24) is 0 Å². The Morgan fingerprint density at radius 1 is 1.27 bits per heavy atom. The van der Waals surface area contributed by atoms with Crippen LogP contribution >= 0.6 is 15.9 Å². The SMILES string of the molecule is CCOCC(C)OC1(CBr)CCCCC1. The summed E-state index contributed by atoms with van der Waals surface area (Å²) in [5, 5.41) is 0.955. The Labute approximate surface area is 102 Å². The van der Waals surface area contributed by atoms with Gasteiger partial charge in [0.25, 0.3) is 0 Å². The minimum atomic E-state index is 0.0781. The number of rotatable bonds is 6. The first-order valence-electron chi connectivity index (χ1n) is 6.04. The van der Waals surface area contributed by atoms with Gasteiger partial charge in [-0.25, -0.2) is 0 Å². The highest BCUT2D eigenvalue weighted by Crippen LogP contribution is 2.34. The van der Waals surface area contributed by atoms with Crippen molar-refractivity contribution >= 4 is 15.9 Å². The summed E-state index contributed by atoms with van der Waals surface area (Å²) in [5.41, 5.74) is 0.0781. The van der Waals surface area contributed by atoms with Gasteiger partial charge in [-0.2, -0.15) is 0 Å². The summed E-state index contributed by atoms with van der Waals surface area (Å²) in [4.78, 5) is 0. The molecule has 1 fully saturated rings. The molecule has 1 rings (SSSR count). The molecule has 0 radical (unpaired) electrons. The molecular weight excluding hydrogens is 256 g/mol. The number of hydrogen-bond donors (Lipinski definition) is 0. The molecule has 90 valence electrons. The van der Waals surface area contributed by atoms with Crippen LogP contribution in [0.3, 0.4) is 0 Å². The average Bonchev–Trinajstić information content (AvgIpc) is 2.27. The van der Waals surface area contributed by atoms with Crippen molar-refractivity contribution < 1.29 is 9.47 Å². The molecule has 1 aliphatic carbocycles. The molecule has 1 unspecified atom stereocenters. The van der Waals surface area contributed by atoms with Crippen molar-refractivity contribution in [2.75, 3.05) is 18.5 Å². The quantitative estimate of drug-likeness (QED) is 0.692. The smallest absolute Gasteiger partial charge is 0.0788 e. The molecule has 0 bridgehead atoms. The molecule has 0 amide bonds. The highest BCUT2D eigenvalue weighted by atomic mass is 79.9. The molecule has 0 aromatic rings. The fourth-order valence-electron chi connectivity index (χ4n) is 2.22. The van der Waals surface area contributed by atoms with Crippen molar-refractivity contribution in [2.45, 2.75) is 57.7 Å². The van der Waals surface area contributed by atoms with E-state index in [4.69, 9.17) is 9.47 Å². The van der Waals surface area contributed by atoms with E-state index < -0.39 is 0 Å². The third-order valence-corrected chi connectivity index (χ3v) is 4.04. The van der Waals surface area contributed by atoms with Crippen molar-refractivity contribution in [3.8, 4) is 0 Å². The van der Waals surface area contributed by atoms with Gasteiger partial charge >= 0.3 is 0 Å². The molecular formula is C12H23BrO2. The first-order valence-corrected chi connectivity index (χ1v) is 7.16. The van der Waals surface area contributed by atoms with Crippen molar-refractivity contribution in [3.05, 3.63) is 0 Å². The molecule has 0 spiro atoms. The zero-order chi connectivity index (χ0) is 11.1. The normalized spacial score (nSPS) is 22.6. The average molecular weight is 279 g/mol. The van der Waals surface area contributed by atoms with Crippen molar-refractivity contribution in [1.29, 1.82) is 0 Å². The van der Waals surface area contributed by atoms with E-state index in [0.717, 1.165) is 11.9 Å². The van der Waals surface area contributed by atoms with E-state index in [0.29, 0.717) is 6.61 Å². The number of hydrogen-bond acceptors (Lipinski definition) is 2. The maximum Gasteiger partial charge on any atom is 0.0788 e. The van der Waals surface area contributed by atoms with Gasteiger partial charge < -0.3 is 9.47 Å². The number of alkyl halides is 1. The second-order valence-corrected chi connectivity index (χ2v) is 5.03. The fraction of sp³-hybridized carbons (Fsp3) is 1.00. The van der Waals surface area contributed by atoms with Crippen molar-refractivity contribution in [2.24, 2.45) is 0 Å². The second-order valence-electron chi connectivity index (χ2n) is 4.47. The van der Waals surface area contributed by atoms with Gasteiger partial charge in [-0.15, -0.1) is 0 Å². The Bertz CT molecular complexity index is 167. The molecule has 2 nitrogen and oxygen atoms in total. The van der Waals surface area contributed by atoms with E-state index in [9.17, 15) is 0 Å². The predicted molar refractivity (Wildman–Crippen MR) is 66.7 cm³/mol. The minimum absolute atomic E-state index is 0.0781. The Morgan fingerprint density at radius 2 is 1.93 bits per heavy atom. The molecule has 1 atom stereocenters. The van der Waals surface area contributed by atoms with Crippen LogP contribution in [0.2, 0.25) is 0 Å². The van der Waals surface area contributed by atoms with E-state index in [2.05, 4.69) is 22.9 Å². The lowest BCUT2D eigenvalue weighted by Crippen LogP contribution is -2.40. The molecule has 0 aromatic carbocycles. The summed E-state index contributed by atoms with van der Waals surface area (Å²) < 4.78 is 11.5. The summed E-state index contributed by atoms with van der Waals surface area (Å²) in [5.74, 6) is 0. The van der Waals surface area contributed by atoms with Crippen molar-refractivity contribution in [3.63, 3.8) is 0 Å². The maximum absolute atomic E-state index is 6.16. The van der Waals surface area contributed by atoms with Crippen LogP contribution in [0, 0.1) is 0 Å². The lowest BCUT2D eigenvalue weighted by molar-refractivity contribution is -0.114. The monoisotopic (exact) mass is 278 g/mol. The number of ether oxygens (including phenoxy) is 2. The minimum Gasteiger partial charge on any atom is -0.379 e. The first kappa shape index (κ1) is 13.5. The highest BCUT2D eigenvalue weighted by Gasteiger charge is 2.33. The van der Waals surface area contributed by atoms with Gasteiger partial charge in [0.1, 0.15) is 0 Å². The van der Waals surface area contributed by atoms with Crippen LogP contribution in [0.1, 0.15) is 46.0 Å². The zero-order valence-electron chi connectivity index (χ0n) is 9.93. The molecule has 15 heavy (non-hydrogen) atoms. The van der Waals surface area contributed by atoms with Gasteiger partial charge in [-0.3, -0.25) is 0 Å². The summed E-state index contributed by atoms with van der Waals surface area (Å²) in [6, 6.07) is 0. The topological polar surface area (TPSA) is 18.5 Å². The van der Waals surface area contributed by atoms with Crippen LogP contribution in [0.25, 0.3) is 0 Å². The van der Waals surface area contributed by atoms with E-state index in [-0.39, 0.29) is 11.7 Å².